The summed E-state index contributed by atoms with van der Waals surface area (Å²) < 4.78 is 11.1. The van der Waals surface area contributed by atoms with Crippen molar-refractivity contribution in [3.63, 3.8) is 0 Å². The van der Waals surface area contributed by atoms with Crippen molar-refractivity contribution in [2.75, 3.05) is 6.61 Å². The highest BCUT2D eigenvalue weighted by molar-refractivity contribution is 5.91. The van der Waals surface area contributed by atoms with Gasteiger partial charge in [-0.1, -0.05) is 19.1 Å². The molecule has 2 aliphatic carbocycles. The van der Waals surface area contributed by atoms with Crippen LogP contribution in [0.4, 0.5) is 0 Å². The molecule has 2 aliphatic heterocycles. The largest absolute Gasteiger partial charge is 0.454 e. The third-order valence-electron chi connectivity index (χ3n) is 5.50. The van der Waals surface area contributed by atoms with E-state index in [1.165, 1.54) is 0 Å². The van der Waals surface area contributed by atoms with Gasteiger partial charge >= 0.3 is 5.97 Å². The van der Waals surface area contributed by atoms with Gasteiger partial charge < -0.3 is 14.6 Å². The fourth-order valence-corrected chi connectivity index (χ4v) is 4.16. The summed E-state index contributed by atoms with van der Waals surface area (Å²) in [5.74, 6) is 0.0493. The molecule has 0 aromatic rings. The quantitative estimate of drug-likeness (QED) is 0.406. The molecule has 4 aliphatic rings. The minimum absolute atomic E-state index is 0.0607. The first kappa shape index (κ1) is 11.7. The van der Waals surface area contributed by atoms with Crippen LogP contribution in [0.5, 0.6) is 0 Å². The molecule has 1 spiro atoms. The summed E-state index contributed by atoms with van der Waals surface area (Å²) in [6.45, 7) is 4.64. The molecule has 0 bridgehead atoms. The molecule has 2 fully saturated rings. The number of hydrogen-bond acceptors (Lipinski definition) is 4. The van der Waals surface area contributed by atoms with Gasteiger partial charge in [-0.05, 0) is 30.8 Å². The van der Waals surface area contributed by atoms with Gasteiger partial charge in [-0.25, -0.2) is 4.79 Å². The van der Waals surface area contributed by atoms with Crippen LogP contribution in [-0.4, -0.2) is 35.5 Å². The summed E-state index contributed by atoms with van der Waals surface area (Å²) in [5, 5.41) is 10.2. The third kappa shape index (κ3) is 1.33. The molecule has 19 heavy (non-hydrogen) atoms. The van der Waals surface area contributed by atoms with E-state index in [1.54, 1.807) is 0 Å². The second-order valence-electron chi connectivity index (χ2n) is 6.56. The Hall–Kier alpha value is -1.13. The third-order valence-corrected chi connectivity index (χ3v) is 5.50. The first-order chi connectivity index (χ1) is 8.96. The van der Waals surface area contributed by atoms with Gasteiger partial charge in [-0.2, -0.15) is 0 Å². The van der Waals surface area contributed by atoms with Gasteiger partial charge in [-0.15, -0.1) is 0 Å². The van der Waals surface area contributed by atoms with Crippen molar-refractivity contribution in [2.24, 2.45) is 11.3 Å². The Balaban J connectivity index is 1.78. The van der Waals surface area contributed by atoms with Crippen molar-refractivity contribution in [3.8, 4) is 0 Å². The van der Waals surface area contributed by atoms with Crippen LogP contribution in [0.25, 0.3) is 0 Å². The number of carbonyl (C=O) groups is 1. The molecule has 1 saturated heterocycles. The van der Waals surface area contributed by atoms with Crippen LogP contribution in [-0.2, 0) is 14.3 Å². The molecule has 0 amide bonds. The lowest BCUT2D eigenvalue weighted by atomic mass is 9.57. The first-order valence-corrected chi connectivity index (χ1v) is 6.88. The second-order valence-corrected chi connectivity index (χ2v) is 6.56. The molecule has 0 aromatic heterocycles. The topological polar surface area (TPSA) is 59.1 Å². The number of esters is 1. The number of rotatable bonds is 0. The lowest BCUT2D eigenvalue weighted by Crippen LogP contribution is -2.51. The van der Waals surface area contributed by atoms with Crippen LogP contribution in [0.2, 0.25) is 0 Å². The zero-order chi connectivity index (χ0) is 13.4. The molecule has 4 heteroatoms. The maximum absolute atomic E-state index is 11.7. The lowest BCUT2D eigenvalue weighted by Gasteiger charge is -2.48. The van der Waals surface area contributed by atoms with E-state index < -0.39 is 11.7 Å². The number of epoxide rings is 1. The van der Waals surface area contributed by atoms with E-state index in [0.717, 1.165) is 24.0 Å². The molecule has 1 saturated carbocycles. The maximum Gasteiger partial charge on any atom is 0.334 e. The molecule has 4 rings (SSSR count). The monoisotopic (exact) mass is 262 g/mol. The molecule has 102 valence electrons. The fraction of sp³-hybridized carbons (Fsp3) is 0.667. The van der Waals surface area contributed by atoms with Crippen LogP contribution in [0.15, 0.2) is 23.3 Å². The predicted molar refractivity (Wildman–Crippen MR) is 67.2 cm³/mol. The first-order valence-electron chi connectivity index (χ1n) is 6.88. The lowest BCUT2D eigenvalue weighted by molar-refractivity contribution is -0.142. The van der Waals surface area contributed by atoms with E-state index in [-0.39, 0.29) is 23.4 Å². The number of aliphatic hydroxyl groups excluding tert-OH is 1. The predicted octanol–water partition coefficient (Wildman–Crippen LogP) is 1.34. The Morgan fingerprint density at radius 1 is 1.47 bits per heavy atom. The smallest absolute Gasteiger partial charge is 0.334 e. The van der Waals surface area contributed by atoms with E-state index in [2.05, 4.69) is 13.0 Å². The summed E-state index contributed by atoms with van der Waals surface area (Å²) in [6, 6.07) is 0. The Morgan fingerprint density at radius 3 is 2.89 bits per heavy atom. The SMILES string of the molecule is CC1=C2C[C@H]3[C@@]4(CO4)[C@H](O)C=C[C@]3(C)C[C@@H]2OC1=O. The van der Waals surface area contributed by atoms with Gasteiger partial charge in [0.25, 0.3) is 0 Å². The van der Waals surface area contributed by atoms with Crippen molar-refractivity contribution < 1.29 is 19.4 Å². The van der Waals surface area contributed by atoms with E-state index in [9.17, 15) is 9.90 Å². The van der Waals surface area contributed by atoms with E-state index >= 15 is 0 Å². The molecular formula is C15H18O4. The van der Waals surface area contributed by atoms with Gasteiger partial charge in [0, 0.05) is 11.5 Å². The van der Waals surface area contributed by atoms with Crippen LogP contribution < -0.4 is 0 Å². The van der Waals surface area contributed by atoms with Gasteiger partial charge in [0.05, 0.1) is 6.61 Å². The molecule has 0 radical (unpaired) electrons. The van der Waals surface area contributed by atoms with Crippen molar-refractivity contribution in [3.05, 3.63) is 23.3 Å². The zero-order valence-electron chi connectivity index (χ0n) is 11.2. The van der Waals surface area contributed by atoms with Crippen molar-refractivity contribution in [1.82, 2.24) is 0 Å². The number of ether oxygens (including phenoxy) is 2. The average molecular weight is 262 g/mol. The zero-order valence-corrected chi connectivity index (χ0v) is 11.2. The van der Waals surface area contributed by atoms with Gasteiger partial charge in [0.1, 0.15) is 17.8 Å². The minimum Gasteiger partial charge on any atom is -0.454 e. The Labute approximate surface area is 112 Å². The Kier molecular flexibility index (Phi) is 2.03. The van der Waals surface area contributed by atoms with E-state index in [0.29, 0.717) is 6.61 Å². The van der Waals surface area contributed by atoms with Crippen LogP contribution in [0.1, 0.15) is 26.7 Å². The second kappa shape index (κ2) is 3.30. The highest BCUT2D eigenvalue weighted by atomic mass is 16.6. The molecule has 0 aromatic carbocycles. The maximum atomic E-state index is 11.7. The highest BCUT2D eigenvalue weighted by Crippen LogP contribution is 2.59. The number of carbonyl (C=O) groups excluding carboxylic acids is 1. The minimum atomic E-state index is -0.527. The summed E-state index contributed by atoms with van der Waals surface area (Å²) in [4.78, 5) is 11.7. The van der Waals surface area contributed by atoms with E-state index in [4.69, 9.17) is 9.47 Å². The summed E-state index contributed by atoms with van der Waals surface area (Å²) in [6.07, 6.45) is 4.92. The molecular weight excluding hydrogens is 244 g/mol. The van der Waals surface area contributed by atoms with Gasteiger partial charge in [0.2, 0.25) is 0 Å². The average Bonchev–Trinajstić information content (AvgIpc) is 3.10. The Bertz CT molecular complexity index is 528. The van der Waals surface area contributed by atoms with Gasteiger partial charge in [0.15, 0.2) is 0 Å². The summed E-state index contributed by atoms with van der Waals surface area (Å²) in [5.41, 5.74) is 1.39. The van der Waals surface area contributed by atoms with Crippen molar-refractivity contribution in [1.29, 1.82) is 0 Å². The van der Waals surface area contributed by atoms with Gasteiger partial charge in [-0.3, -0.25) is 0 Å². The van der Waals surface area contributed by atoms with Crippen molar-refractivity contribution in [2.45, 2.75) is 44.5 Å². The summed E-state index contributed by atoms with van der Waals surface area (Å²) in [7, 11) is 0. The molecule has 4 nitrogen and oxygen atoms in total. The van der Waals surface area contributed by atoms with Crippen LogP contribution in [0.3, 0.4) is 0 Å². The molecule has 1 N–H and O–H groups in total. The van der Waals surface area contributed by atoms with Crippen molar-refractivity contribution >= 4 is 5.97 Å². The Morgan fingerprint density at radius 2 is 2.21 bits per heavy atom. The summed E-state index contributed by atoms with van der Waals surface area (Å²) >= 11 is 0. The molecule has 2 heterocycles. The van der Waals surface area contributed by atoms with Crippen LogP contribution in [0, 0.1) is 11.3 Å². The standard InChI is InChI=1S/C15H18O4/c1-8-9-5-11-14(2,6-10(9)19-13(8)17)4-3-12(16)15(11)7-18-15/h3-4,10-12,16H,5-7H2,1-2H3/t10-,11+,12+,14+,15-/m0/s1. The highest BCUT2D eigenvalue weighted by Gasteiger charge is 2.65. The molecule has 5 atom stereocenters. The van der Waals surface area contributed by atoms with E-state index in [1.807, 2.05) is 13.0 Å². The normalized spacial score (nSPS) is 51.1. The number of aliphatic hydroxyl groups is 1. The number of fused-ring (bicyclic) bond motifs is 3. The number of hydrogen-bond donors (Lipinski definition) is 1. The van der Waals surface area contributed by atoms with Crippen LogP contribution >= 0.6 is 0 Å². The number of allylic oxidation sites excluding steroid dienone is 1. The fourth-order valence-electron chi connectivity index (χ4n) is 4.16. The molecule has 0 unspecified atom stereocenters.